The van der Waals surface area contributed by atoms with Gasteiger partial charge >= 0.3 is 0 Å². The van der Waals surface area contributed by atoms with Crippen LogP contribution >= 0.6 is 11.3 Å². The van der Waals surface area contributed by atoms with Gasteiger partial charge < -0.3 is 15.8 Å². The maximum absolute atomic E-state index is 13.1. The third-order valence-corrected chi connectivity index (χ3v) is 6.15. The SMILES string of the molecule is CC/C=C(\C=C/CCCC)C(=O)c1sc(Nc2ccc(OCC3C=CC=CC=C3)cc2)nc1N. The van der Waals surface area contributed by atoms with Crippen molar-refractivity contribution in [2.24, 2.45) is 5.92 Å². The third kappa shape index (κ3) is 7.59. The average Bonchev–Trinajstić information content (AvgIpc) is 3.03. The molecule has 5 nitrogen and oxygen atoms in total. The molecule has 1 aliphatic carbocycles. The second kappa shape index (κ2) is 13.4. The van der Waals surface area contributed by atoms with Gasteiger partial charge in [-0.2, -0.15) is 0 Å². The lowest BCUT2D eigenvalue weighted by Crippen LogP contribution is -2.07. The maximum atomic E-state index is 13.1. The molecule has 0 saturated carbocycles. The van der Waals surface area contributed by atoms with Crippen LogP contribution in [0.3, 0.4) is 0 Å². The van der Waals surface area contributed by atoms with Crippen LogP contribution in [0.15, 0.2) is 84.5 Å². The Kier molecular flexibility index (Phi) is 9.92. The smallest absolute Gasteiger partial charge is 0.206 e. The number of nitrogens with one attached hydrogen (secondary N) is 1. The van der Waals surface area contributed by atoms with E-state index in [1.165, 1.54) is 11.3 Å². The second-order valence-electron chi connectivity index (χ2n) is 7.95. The predicted octanol–water partition coefficient (Wildman–Crippen LogP) is 7.41. The number of allylic oxidation sites excluding steroid dienone is 8. The van der Waals surface area contributed by atoms with Gasteiger partial charge in [-0.1, -0.05) is 92.7 Å². The third-order valence-electron chi connectivity index (χ3n) is 5.17. The van der Waals surface area contributed by atoms with Crippen molar-refractivity contribution in [3.05, 3.63) is 89.4 Å². The van der Waals surface area contributed by atoms with Crippen molar-refractivity contribution in [1.29, 1.82) is 0 Å². The fourth-order valence-electron chi connectivity index (χ4n) is 3.34. The van der Waals surface area contributed by atoms with Gasteiger partial charge in [0.25, 0.3) is 0 Å². The van der Waals surface area contributed by atoms with Crippen LogP contribution in [0.5, 0.6) is 5.75 Å². The zero-order chi connectivity index (χ0) is 24.2. The van der Waals surface area contributed by atoms with Crippen LogP contribution in [0.1, 0.15) is 49.2 Å². The van der Waals surface area contributed by atoms with E-state index in [2.05, 4.69) is 35.5 Å². The van der Waals surface area contributed by atoms with Crippen molar-refractivity contribution in [2.45, 2.75) is 39.5 Å². The van der Waals surface area contributed by atoms with Crippen LogP contribution in [0.2, 0.25) is 0 Å². The normalized spacial score (nSPS) is 14.0. The van der Waals surface area contributed by atoms with E-state index in [1.807, 2.05) is 67.6 Å². The van der Waals surface area contributed by atoms with E-state index in [0.29, 0.717) is 22.2 Å². The van der Waals surface area contributed by atoms with Crippen molar-refractivity contribution in [3.8, 4) is 5.75 Å². The van der Waals surface area contributed by atoms with Crippen LogP contribution < -0.4 is 15.8 Å². The summed E-state index contributed by atoms with van der Waals surface area (Å²) in [5.74, 6) is 1.21. The number of ether oxygens (including phenoxy) is 1. The van der Waals surface area contributed by atoms with Gasteiger partial charge in [-0.25, -0.2) is 4.98 Å². The van der Waals surface area contributed by atoms with E-state index in [1.54, 1.807) is 0 Å². The molecule has 0 atom stereocenters. The van der Waals surface area contributed by atoms with E-state index in [9.17, 15) is 4.79 Å². The van der Waals surface area contributed by atoms with Gasteiger partial charge in [0.05, 0.1) is 6.61 Å². The number of nitrogen functional groups attached to an aromatic ring is 1. The summed E-state index contributed by atoms with van der Waals surface area (Å²) in [5, 5.41) is 3.83. The lowest BCUT2D eigenvalue weighted by Gasteiger charge is -2.11. The highest BCUT2D eigenvalue weighted by Crippen LogP contribution is 2.30. The predicted molar refractivity (Wildman–Crippen MR) is 144 cm³/mol. The minimum Gasteiger partial charge on any atom is -0.493 e. The number of hydrogen-bond acceptors (Lipinski definition) is 6. The zero-order valence-electron chi connectivity index (χ0n) is 19.9. The van der Waals surface area contributed by atoms with E-state index >= 15 is 0 Å². The van der Waals surface area contributed by atoms with Crippen molar-refractivity contribution >= 4 is 33.8 Å². The number of rotatable bonds is 12. The number of nitrogens with zero attached hydrogens (tertiary/aromatic N) is 1. The molecule has 0 radical (unpaired) electrons. The van der Waals surface area contributed by atoms with Crippen LogP contribution in [-0.4, -0.2) is 17.4 Å². The minimum absolute atomic E-state index is 0.0850. The number of anilines is 3. The largest absolute Gasteiger partial charge is 0.493 e. The molecular weight excluding hydrogens is 442 g/mol. The number of benzene rings is 1. The van der Waals surface area contributed by atoms with Gasteiger partial charge in [0, 0.05) is 17.2 Å². The highest BCUT2D eigenvalue weighted by Gasteiger charge is 2.18. The molecule has 1 aliphatic rings. The molecule has 0 spiro atoms. The number of nitrogens with two attached hydrogens (primary N) is 1. The molecule has 0 unspecified atom stereocenters. The van der Waals surface area contributed by atoms with Crippen molar-refractivity contribution in [2.75, 3.05) is 17.7 Å². The summed E-state index contributed by atoms with van der Waals surface area (Å²) in [6.07, 6.45) is 22.2. The molecule has 1 aromatic heterocycles. The van der Waals surface area contributed by atoms with E-state index < -0.39 is 0 Å². The molecule has 0 bridgehead atoms. The van der Waals surface area contributed by atoms with E-state index in [0.717, 1.165) is 37.1 Å². The molecule has 1 heterocycles. The number of Topliss-reactive ketones (excluding diaryl/α,β-unsaturated/α-hetero) is 1. The van der Waals surface area contributed by atoms with Gasteiger partial charge in [0.1, 0.15) is 16.4 Å². The minimum atomic E-state index is -0.0850. The van der Waals surface area contributed by atoms with Crippen molar-refractivity contribution < 1.29 is 9.53 Å². The Morgan fingerprint density at radius 3 is 2.56 bits per heavy atom. The lowest BCUT2D eigenvalue weighted by molar-refractivity contribution is 0.104. The Hall–Kier alpha value is -3.38. The van der Waals surface area contributed by atoms with Gasteiger partial charge in [0.2, 0.25) is 5.78 Å². The highest BCUT2D eigenvalue weighted by atomic mass is 32.1. The number of unbranched alkanes of at least 4 members (excludes halogenated alkanes) is 2. The molecule has 1 aromatic carbocycles. The van der Waals surface area contributed by atoms with E-state index in [-0.39, 0.29) is 17.5 Å². The van der Waals surface area contributed by atoms with E-state index in [4.69, 9.17) is 10.5 Å². The topological polar surface area (TPSA) is 77.2 Å². The first-order valence-corrected chi connectivity index (χ1v) is 12.6. The summed E-state index contributed by atoms with van der Waals surface area (Å²) >= 11 is 1.27. The molecule has 3 rings (SSSR count). The van der Waals surface area contributed by atoms with Crippen LogP contribution in [0.4, 0.5) is 16.6 Å². The highest BCUT2D eigenvalue weighted by molar-refractivity contribution is 7.18. The summed E-state index contributed by atoms with van der Waals surface area (Å²) < 4.78 is 5.91. The first-order chi connectivity index (χ1) is 16.6. The average molecular weight is 476 g/mol. The Labute approximate surface area is 206 Å². The molecular formula is C28H33N3O2S. The summed E-state index contributed by atoms with van der Waals surface area (Å²) in [6, 6.07) is 7.68. The molecule has 178 valence electrons. The summed E-state index contributed by atoms with van der Waals surface area (Å²) in [4.78, 5) is 17.9. The molecule has 0 saturated heterocycles. The summed E-state index contributed by atoms with van der Waals surface area (Å²) in [5.41, 5.74) is 7.62. The van der Waals surface area contributed by atoms with Crippen LogP contribution in [-0.2, 0) is 0 Å². The number of hydrogen-bond donors (Lipinski definition) is 2. The lowest BCUT2D eigenvalue weighted by atomic mass is 10.1. The van der Waals surface area contributed by atoms with Gasteiger partial charge in [-0.3, -0.25) is 4.79 Å². The Bertz CT molecular complexity index is 1080. The van der Waals surface area contributed by atoms with Crippen LogP contribution in [0.25, 0.3) is 0 Å². The Morgan fingerprint density at radius 2 is 1.88 bits per heavy atom. The van der Waals surface area contributed by atoms with Gasteiger partial charge in [-0.15, -0.1) is 0 Å². The quantitative estimate of drug-likeness (QED) is 0.145. The second-order valence-corrected chi connectivity index (χ2v) is 8.95. The molecule has 34 heavy (non-hydrogen) atoms. The number of ketones is 1. The fourth-order valence-corrected chi connectivity index (χ4v) is 4.20. The summed E-state index contributed by atoms with van der Waals surface area (Å²) in [7, 11) is 0. The molecule has 2 aromatic rings. The van der Waals surface area contributed by atoms with Gasteiger partial charge in [-0.05, 0) is 37.1 Å². The van der Waals surface area contributed by atoms with Crippen molar-refractivity contribution in [3.63, 3.8) is 0 Å². The molecule has 6 heteroatoms. The maximum Gasteiger partial charge on any atom is 0.206 e. The number of aromatic nitrogens is 1. The molecule has 0 aliphatic heterocycles. The number of carbonyl (C=O) groups is 1. The fraction of sp³-hybridized carbons (Fsp3) is 0.286. The van der Waals surface area contributed by atoms with Crippen LogP contribution in [0, 0.1) is 5.92 Å². The Morgan fingerprint density at radius 1 is 1.15 bits per heavy atom. The molecule has 0 amide bonds. The van der Waals surface area contributed by atoms with Crippen molar-refractivity contribution in [1.82, 2.24) is 4.98 Å². The molecule has 0 fully saturated rings. The summed E-state index contributed by atoms with van der Waals surface area (Å²) in [6.45, 7) is 4.75. The molecule has 3 N–H and O–H groups in total. The zero-order valence-corrected chi connectivity index (χ0v) is 20.7. The first kappa shape index (κ1) is 25.2. The number of thiazole rings is 1. The van der Waals surface area contributed by atoms with Gasteiger partial charge in [0.15, 0.2) is 5.13 Å². The monoisotopic (exact) mass is 475 g/mol. The Balaban J connectivity index is 1.61. The number of carbonyl (C=O) groups excluding carboxylic acids is 1. The standard InChI is InChI=1S/C28H33N3O2S/c1-3-5-6-11-15-22(12-4-2)25(32)26-27(29)31-28(34-26)30-23-16-18-24(19-17-23)33-20-21-13-9-7-8-10-14-21/h7-19,21H,3-6,20,29H2,1-2H3,(H,30,31)/b15-11-,22-12+. The first-order valence-electron chi connectivity index (χ1n) is 11.8.